The minimum Gasteiger partial charge on any atom is -0.342 e. The summed E-state index contributed by atoms with van der Waals surface area (Å²) in [6.45, 7) is 7.82. The van der Waals surface area contributed by atoms with Gasteiger partial charge in [-0.15, -0.1) is 0 Å². The minimum absolute atomic E-state index is 0.276. The second kappa shape index (κ2) is 6.83. The van der Waals surface area contributed by atoms with Gasteiger partial charge in [-0.1, -0.05) is 20.3 Å². The Hall–Kier alpha value is -0.570. The number of hydrogen-bond donors (Lipinski definition) is 1. The maximum absolute atomic E-state index is 11.7. The first-order valence-electron chi connectivity index (χ1n) is 6.22. The van der Waals surface area contributed by atoms with Crippen LogP contribution in [0.25, 0.3) is 0 Å². The zero-order chi connectivity index (χ0) is 11.1. The van der Waals surface area contributed by atoms with E-state index < -0.39 is 0 Å². The molecule has 1 aliphatic rings. The number of nitrogens with zero attached hydrogens (tertiary/aromatic N) is 1. The molecule has 3 heteroatoms. The maximum Gasteiger partial charge on any atom is 0.236 e. The van der Waals surface area contributed by atoms with Crippen molar-refractivity contribution in [2.45, 2.75) is 39.5 Å². The standard InChI is InChI=1S/C12H24N2O/c1-3-4-7-13-10-12(15)14-8-5-11(2)6-9-14/h11,13H,3-10H2,1-2H3. The Morgan fingerprint density at radius 3 is 2.67 bits per heavy atom. The van der Waals surface area contributed by atoms with E-state index in [9.17, 15) is 4.79 Å². The van der Waals surface area contributed by atoms with Crippen LogP contribution < -0.4 is 5.32 Å². The van der Waals surface area contributed by atoms with Gasteiger partial charge in [0.2, 0.25) is 5.91 Å². The normalized spacial score (nSPS) is 18.1. The van der Waals surface area contributed by atoms with Gasteiger partial charge in [0.05, 0.1) is 6.54 Å². The first kappa shape index (κ1) is 12.5. The number of rotatable bonds is 5. The summed E-state index contributed by atoms with van der Waals surface area (Å²) in [5.41, 5.74) is 0. The highest BCUT2D eigenvalue weighted by Crippen LogP contribution is 2.15. The van der Waals surface area contributed by atoms with Crippen LogP contribution in [0, 0.1) is 5.92 Å². The van der Waals surface area contributed by atoms with Crippen LogP contribution >= 0.6 is 0 Å². The van der Waals surface area contributed by atoms with Crippen molar-refractivity contribution in [2.24, 2.45) is 5.92 Å². The first-order chi connectivity index (χ1) is 7.24. The molecule has 1 heterocycles. The van der Waals surface area contributed by atoms with Crippen molar-refractivity contribution >= 4 is 5.91 Å². The van der Waals surface area contributed by atoms with Crippen LogP contribution in [-0.4, -0.2) is 37.0 Å². The number of nitrogens with one attached hydrogen (secondary N) is 1. The molecular formula is C12H24N2O. The summed E-state index contributed by atoms with van der Waals surface area (Å²) in [6.07, 6.45) is 4.67. The van der Waals surface area contributed by atoms with Gasteiger partial charge in [-0.2, -0.15) is 0 Å². The number of carbonyl (C=O) groups is 1. The first-order valence-corrected chi connectivity index (χ1v) is 6.22. The third kappa shape index (κ3) is 4.65. The fraction of sp³-hybridized carbons (Fsp3) is 0.917. The van der Waals surface area contributed by atoms with Crippen LogP contribution in [0.3, 0.4) is 0 Å². The van der Waals surface area contributed by atoms with Gasteiger partial charge in [-0.05, 0) is 31.7 Å². The van der Waals surface area contributed by atoms with Gasteiger partial charge in [-0.3, -0.25) is 4.79 Å². The molecule has 0 aromatic rings. The van der Waals surface area contributed by atoms with Gasteiger partial charge in [0.15, 0.2) is 0 Å². The summed E-state index contributed by atoms with van der Waals surface area (Å²) < 4.78 is 0. The average Bonchev–Trinajstić information content (AvgIpc) is 2.25. The van der Waals surface area contributed by atoms with Gasteiger partial charge in [-0.25, -0.2) is 0 Å². The quantitative estimate of drug-likeness (QED) is 0.703. The van der Waals surface area contributed by atoms with Crippen molar-refractivity contribution in [3.63, 3.8) is 0 Å². The van der Waals surface area contributed by atoms with E-state index >= 15 is 0 Å². The van der Waals surface area contributed by atoms with E-state index in [0.717, 1.165) is 32.0 Å². The molecule has 0 unspecified atom stereocenters. The van der Waals surface area contributed by atoms with Crippen LogP contribution in [0.15, 0.2) is 0 Å². The highest BCUT2D eigenvalue weighted by molar-refractivity contribution is 5.78. The summed E-state index contributed by atoms with van der Waals surface area (Å²) in [7, 11) is 0. The minimum atomic E-state index is 0.276. The number of likely N-dealkylation sites (tertiary alicyclic amines) is 1. The molecule has 1 fully saturated rings. The maximum atomic E-state index is 11.7. The summed E-state index contributed by atoms with van der Waals surface area (Å²) in [6, 6.07) is 0. The second-order valence-electron chi connectivity index (χ2n) is 4.59. The second-order valence-corrected chi connectivity index (χ2v) is 4.59. The third-order valence-corrected chi connectivity index (χ3v) is 3.12. The molecule has 0 bridgehead atoms. The molecule has 0 atom stereocenters. The number of amides is 1. The van der Waals surface area contributed by atoms with Crippen molar-refractivity contribution in [1.29, 1.82) is 0 Å². The highest BCUT2D eigenvalue weighted by atomic mass is 16.2. The Balaban J connectivity index is 2.11. The highest BCUT2D eigenvalue weighted by Gasteiger charge is 2.19. The van der Waals surface area contributed by atoms with Crippen LogP contribution in [0.4, 0.5) is 0 Å². The topological polar surface area (TPSA) is 32.3 Å². The molecule has 1 N–H and O–H groups in total. The molecule has 15 heavy (non-hydrogen) atoms. The van der Waals surface area contributed by atoms with Crippen molar-refractivity contribution in [1.82, 2.24) is 10.2 Å². The summed E-state index contributed by atoms with van der Waals surface area (Å²) in [5, 5.41) is 3.20. The fourth-order valence-corrected chi connectivity index (χ4v) is 1.87. The smallest absolute Gasteiger partial charge is 0.236 e. The molecule has 88 valence electrons. The Labute approximate surface area is 93.2 Å². The zero-order valence-corrected chi connectivity index (χ0v) is 10.1. The predicted molar refractivity (Wildman–Crippen MR) is 62.8 cm³/mol. The lowest BCUT2D eigenvalue weighted by atomic mass is 9.99. The number of unbranched alkanes of at least 4 members (excludes halogenated alkanes) is 1. The van der Waals surface area contributed by atoms with Gasteiger partial charge in [0.1, 0.15) is 0 Å². The van der Waals surface area contributed by atoms with Crippen molar-refractivity contribution in [3.05, 3.63) is 0 Å². The zero-order valence-electron chi connectivity index (χ0n) is 10.1. The van der Waals surface area contributed by atoms with Gasteiger partial charge in [0, 0.05) is 13.1 Å². The van der Waals surface area contributed by atoms with E-state index in [4.69, 9.17) is 0 Å². The van der Waals surface area contributed by atoms with Crippen molar-refractivity contribution in [2.75, 3.05) is 26.2 Å². The molecule has 3 nitrogen and oxygen atoms in total. The van der Waals surface area contributed by atoms with Crippen LogP contribution in [0.1, 0.15) is 39.5 Å². The largest absolute Gasteiger partial charge is 0.342 e. The van der Waals surface area contributed by atoms with E-state index in [-0.39, 0.29) is 5.91 Å². The van der Waals surface area contributed by atoms with Crippen molar-refractivity contribution in [3.8, 4) is 0 Å². The third-order valence-electron chi connectivity index (χ3n) is 3.12. The Morgan fingerprint density at radius 1 is 1.40 bits per heavy atom. The van der Waals surface area contributed by atoms with E-state index in [2.05, 4.69) is 19.2 Å². The molecule has 0 aliphatic carbocycles. The SMILES string of the molecule is CCCCNCC(=O)N1CCC(C)CC1. The Bertz CT molecular complexity index is 186. The number of hydrogen-bond acceptors (Lipinski definition) is 2. The molecule has 0 aromatic heterocycles. The summed E-state index contributed by atoms with van der Waals surface area (Å²) in [4.78, 5) is 13.7. The molecule has 1 saturated heterocycles. The van der Waals surface area contributed by atoms with E-state index in [1.165, 1.54) is 19.3 Å². The Morgan fingerprint density at radius 2 is 2.07 bits per heavy atom. The lowest BCUT2D eigenvalue weighted by Gasteiger charge is -2.30. The van der Waals surface area contributed by atoms with E-state index in [1.54, 1.807) is 0 Å². The molecular weight excluding hydrogens is 188 g/mol. The summed E-state index contributed by atoms with van der Waals surface area (Å²) >= 11 is 0. The van der Waals surface area contributed by atoms with E-state index in [1.807, 2.05) is 4.90 Å². The van der Waals surface area contributed by atoms with Crippen LogP contribution in [0.5, 0.6) is 0 Å². The van der Waals surface area contributed by atoms with E-state index in [0.29, 0.717) is 6.54 Å². The molecule has 1 rings (SSSR count). The molecule has 0 saturated carbocycles. The number of piperidine rings is 1. The van der Waals surface area contributed by atoms with Gasteiger partial charge in [0.25, 0.3) is 0 Å². The molecule has 1 amide bonds. The fourth-order valence-electron chi connectivity index (χ4n) is 1.87. The summed E-state index contributed by atoms with van der Waals surface area (Å²) in [5.74, 6) is 1.07. The molecule has 0 radical (unpaired) electrons. The van der Waals surface area contributed by atoms with Gasteiger partial charge < -0.3 is 10.2 Å². The lowest BCUT2D eigenvalue weighted by molar-refractivity contribution is -0.131. The molecule has 0 aromatic carbocycles. The van der Waals surface area contributed by atoms with Crippen molar-refractivity contribution < 1.29 is 4.79 Å². The Kier molecular flexibility index (Phi) is 5.69. The monoisotopic (exact) mass is 212 g/mol. The molecule has 1 aliphatic heterocycles. The number of carbonyl (C=O) groups excluding carboxylic acids is 1. The predicted octanol–water partition coefficient (Wildman–Crippen LogP) is 1.63. The average molecular weight is 212 g/mol. The van der Waals surface area contributed by atoms with Crippen LogP contribution in [-0.2, 0) is 4.79 Å². The molecule has 0 spiro atoms. The van der Waals surface area contributed by atoms with Gasteiger partial charge >= 0.3 is 0 Å². The van der Waals surface area contributed by atoms with Crippen LogP contribution in [0.2, 0.25) is 0 Å². The lowest BCUT2D eigenvalue weighted by Crippen LogP contribution is -2.42.